The van der Waals surface area contributed by atoms with Gasteiger partial charge in [0.05, 0.1) is 6.21 Å². The topological polar surface area (TPSA) is 34.5 Å². The molecule has 64 valence electrons. The summed E-state index contributed by atoms with van der Waals surface area (Å²) in [5.74, 6) is 0. The van der Waals surface area contributed by atoms with Crippen LogP contribution in [0.4, 0.5) is 0 Å². The van der Waals surface area contributed by atoms with Gasteiger partial charge in [-0.3, -0.25) is 4.98 Å². The lowest BCUT2D eigenvalue weighted by Gasteiger charge is -2.00. The first-order valence-corrected chi connectivity index (χ1v) is 4.21. The van der Waals surface area contributed by atoms with Crippen LogP contribution >= 0.6 is 15.9 Å². The van der Waals surface area contributed by atoms with Crippen LogP contribution in [0.5, 0.6) is 0 Å². The standard InChI is InChI=1S/C8H9BrN2O/c1-6-3-10-5-8(9)7(6)4-11-12-2/h3-5H,1-2H3/b11-4+. The van der Waals surface area contributed by atoms with E-state index in [1.54, 1.807) is 18.6 Å². The zero-order chi connectivity index (χ0) is 8.97. The van der Waals surface area contributed by atoms with Gasteiger partial charge in [-0.2, -0.15) is 0 Å². The third-order valence-electron chi connectivity index (χ3n) is 1.43. The molecule has 0 saturated heterocycles. The van der Waals surface area contributed by atoms with E-state index in [1.165, 1.54) is 7.11 Å². The highest BCUT2D eigenvalue weighted by molar-refractivity contribution is 9.10. The van der Waals surface area contributed by atoms with Crippen LogP contribution in [-0.2, 0) is 4.84 Å². The summed E-state index contributed by atoms with van der Waals surface area (Å²) in [4.78, 5) is 8.59. The fourth-order valence-corrected chi connectivity index (χ4v) is 1.34. The summed E-state index contributed by atoms with van der Waals surface area (Å²) in [7, 11) is 1.51. The number of hydrogen-bond acceptors (Lipinski definition) is 3. The largest absolute Gasteiger partial charge is 0.399 e. The first-order valence-electron chi connectivity index (χ1n) is 3.42. The van der Waals surface area contributed by atoms with E-state index >= 15 is 0 Å². The lowest BCUT2D eigenvalue weighted by atomic mass is 10.2. The Labute approximate surface area is 79.6 Å². The van der Waals surface area contributed by atoms with Gasteiger partial charge in [-0.25, -0.2) is 0 Å². The van der Waals surface area contributed by atoms with Crippen LogP contribution in [0.1, 0.15) is 11.1 Å². The van der Waals surface area contributed by atoms with Crippen LogP contribution < -0.4 is 0 Å². The highest BCUT2D eigenvalue weighted by Gasteiger charge is 1.99. The molecule has 0 N–H and O–H groups in total. The SMILES string of the molecule is CO/N=C/c1c(C)cncc1Br. The molecule has 0 aromatic carbocycles. The summed E-state index contributed by atoms with van der Waals surface area (Å²) in [6, 6.07) is 0. The number of aryl methyl sites for hydroxylation is 1. The summed E-state index contributed by atoms with van der Waals surface area (Å²) in [6.07, 6.45) is 5.16. The van der Waals surface area contributed by atoms with Gasteiger partial charge in [-0.1, -0.05) is 5.16 Å². The number of nitrogens with zero attached hydrogens (tertiary/aromatic N) is 2. The highest BCUT2D eigenvalue weighted by Crippen LogP contribution is 2.16. The van der Waals surface area contributed by atoms with Gasteiger partial charge in [0, 0.05) is 22.4 Å². The fraction of sp³-hybridized carbons (Fsp3) is 0.250. The maximum Gasteiger partial charge on any atom is 0.106 e. The number of pyridine rings is 1. The van der Waals surface area contributed by atoms with E-state index < -0.39 is 0 Å². The average Bonchev–Trinajstić information content (AvgIpc) is 2.04. The Bertz CT molecular complexity index is 279. The van der Waals surface area contributed by atoms with Crippen molar-refractivity contribution in [3.05, 3.63) is 28.0 Å². The summed E-state index contributed by atoms with van der Waals surface area (Å²) >= 11 is 3.37. The van der Waals surface area contributed by atoms with Crippen molar-refractivity contribution in [1.82, 2.24) is 4.98 Å². The number of oxime groups is 1. The smallest absolute Gasteiger partial charge is 0.106 e. The summed E-state index contributed by atoms with van der Waals surface area (Å²) in [5, 5.41) is 3.68. The van der Waals surface area contributed by atoms with E-state index in [-0.39, 0.29) is 0 Å². The second-order valence-electron chi connectivity index (χ2n) is 2.27. The Kier molecular flexibility index (Phi) is 3.22. The van der Waals surface area contributed by atoms with Crippen molar-refractivity contribution in [1.29, 1.82) is 0 Å². The Morgan fingerprint density at radius 3 is 2.92 bits per heavy atom. The Balaban J connectivity index is 3.04. The molecule has 0 aliphatic heterocycles. The molecular formula is C8H9BrN2O. The molecule has 0 atom stereocenters. The first kappa shape index (κ1) is 9.19. The van der Waals surface area contributed by atoms with Gasteiger partial charge in [-0.05, 0) is 28.4 Å². The number of hydrogen-bond donors (Lipinski definition) is 0. The van der Waals surface area contributed by atoms with E-state index in [1.807, 2.05) is 6.92 Å². The van der Waals surface area contributed by atoms with E-state index in [0.29, 0.717) is 0 Å². The van der Waals surface area contributed by atoms with Crippen molar-refractivity contribution in [2.45, 2.75) is 6.92 Å². The van der Waals surface area contributed by atoms with Crippen LogP contribution in [0.25, 0.3) is 0 Å². The van der Waals surface area contributed by atoms with E-state index in [9.17, 15) is 0 Å². The van der Waals surface area contributed by atoms with Gasteiger partial charge in [0.25, 0.3) is 0 Å². The van der Waals surface area contributed by atoms with Gasteiger partial charge < -0.3 is 4.84 Å². The van der Waals surface area contributed by atoms with Crippen LogP contribution in [0.15, 0.2) is 22.0 Å². The predicted octanol–water partition coefficient (Wildman–Crippen LogP) is 2.13. The molecule has 3 nitrogen and oxygen atoms in total. The van der Waals surface area contributed by atoms with Crippen molar-refractivity contribution in [2.24, 2.45) is 5.16 Å². The molecule has 0 saturated carbocycles. The van der Waals surface area contributed by atoms with Crippen molar-refractivity contribution >= 4 is 22.1 Å². The Hall–Kier alpha value is -0.900. The predicted molar refractivity (Wildman–Crippen MR) is 51.3 cm³/mol. The minimum absolute atomic E-state index is 0.920. The summed E-state index contributed by atoms with van der Waals surface area (Å²) in [6.45, 7) is 1.97. The second kappa shape index (κ2) is 4.21. The normalized spacial score (nSPS) is 10.6. The average molecular weight is 229 g/mol. The molecule has 0 unspecified atom stereocenters. The van der Waals surface area contributed by atoms with Crippen molar-refractivity contribution in [3.8, 4) is 0 Å². The van der Waals surface area contributed by atoms with Gasteiger partial charge in [0.1, 0.15) is 7.11 Å². The second-order valence-corrected chi connectivity index (χ2v) is 3.12. The lowest BCUT2D eigenvalue weighted by molar-refractivity contribution is 0.215. The third kappa shape index (κ3) is 2.04. The molecular weight excluding hydrogens is 220 g/mol. The molecule has 12 heavy (non-hydrogen) atoms. The fourth-order valence-electron chi connectivity index (χ4n) is 0.811. The molecule has 0 aliphatic rings. The molecule has 0 bridgehead atoms. The molecule has 4 heteroatoms. The molecule has 1 aromatic rings. The summed E-state index contributed by atoms with van der Waals surface area (Å²) in [5.41, 5.74) is 2.05. The zero-order valence-corrected chi connectivity index (χ0v) is 8.50. The maximum absolute atomic E-state index is 4.58. The summed E-state index contributed by atoms with van der Waals surface area (Å²) < 4.78 is 0.920. The van der Waals surface area contributed by atoms with Crippen LogP contribution in [0.3, 0.4) is 0 Å². The lowest BCUT2D eigenvalue weighted by Crippen LogP contribution is -1.90. The van der Waals surface area contributed by atoms with Crippen molar-refractivity contribution < 1.29 is 4.84 Å². The van der Waals surface area contributed by atoms with Crippen LogP contribution in [0, 0.1) is 6.92 Å². The minimum atomic E-state index is 0.920. The zero-order valence-electron chi connectivity index (χ0n) is 6.91. The highest BCUT2D eigenvalue weighted by atomic mass is 79.9. The van der Waals surface area contributed by atoms with Crippen LogP contribution in [-0.4, -0.2) is 18.3 Å². The van der Waals surface area contributed by atoms with Crippen LogP contribution in [0.2, 0.25) is 0 Å². The molecule has 0 radical (unpaired) electrons. The third-order valence-corrected chi connectivity index (χ3v) is 2.06. The minimum Gasteiger partial charge on any atom is -0.399 e. The van der Waals surface area contributed by atoms with E-state index in [4.69, 9.17) is 0 Å². The Morgan fingerprint density at radius 2 is 2.33 bits per heavy atom. The number of aromatic nitrogens is 1. The molecule has 0 aliphatic carbocycles. The molecule has 0 amide bonds. The Morgan fingerprint density at radius 1 is 1.58 bits per heavy atom. The molecule has 1 rings (SSSR count). The first-order chi connectivity index (χ1) is 5.75. The maximum atomic E-state index is 4.58. The van der Waals surface area contributed by atoms with Gasteiger partial charge >= 0.3 is 0 Å². The van der Waals surface area contributed by atoms with Crippen molar-refractivity contribution in [3.63, 3.8) is 0 Å². The molecule has 1 aromatic heterocycles. The number of rotatable bonds is 2. The van der Waals surface area contributed by atoms with Gasteiger partial charge in [0.15, 0.2) is 0 Å². The van der Waals surface area contributed by atoms with Gasteiger partial charge in [-0.15, -0.1) is 0 Å². The van der Waals surface area contributed by atoms with Crippen molar-refractivity contribution in [2.75, 3.05) is 7.11 Å². The monoisotopic (exact) mass is 228 g/mol. The van der Waals surface area contributed by atoms with Gasteiger partial charge in [0.2, 0.25) is 0 Å². The molecule has 0 spiro atoms. The quantitative estimate of drug-likeness (QED) is 0.575. The van der Waals surface area contributed by atoms with E-state index in [2.05, 4.69) is 30.9 Å². The number of halogens is 1. The van der Waals surface area contributed by atoms with E-state index in [0.717, 1.165) is 15.6 Å². The molecule has 0 fully saturated rings. The molecule has 1 heterocycles.